The van der Waals surface area contributed by atoms with Gasteiger partial charge in [-0.25, -0.2) is 9.18 Å². The van der Waals surface area contributed by atoms with Gasteiger partial charge in [0.25, 0.3) is 0 Å². The van der Waals surface area contributed by atoms with Crippen LogP contribution in [0.2, 0.25) is 0 Å². The van der Waals surface area contributed by atoms with Gasteiger partial charge in [0, 0.05) is 11.3 Å². The van der Waals surface area contributed by atoms with E-state index in [-0.39, 0.29) is 5.82 Å². The minimum absolute atomic E-state index is 0.347. The molecule has 0 saturated heterocycles. The van der Waals surface area contributed by atoms with Crippen molar-refractivity contribution >= 4 is 0 Å². The zero-order valence-corrected chi connectivity index (χ0v) is 9.97. The molecule has 0 bridgehead atoms. The maximum absolute atomic E-state index is 13.9. The summed E-state index contributed by atoms with van der Waals surface area (Å²) in [6.07, 6.45) is 0. The van der Waals surface area contributed by atoms with Crippen LogP contribution < -0.4 is 5.69 Å². The maximum Gasteiger partial charge on any atom is 0.345 e. The van der Waals surface area contributed by atoms with Gasteiger partial charge < -0.3 is 4.98 Å². The molecule has 0 aliphatic rings. The molecule has 3 nitrogen and oxygen atoms in total. The third-order valence-electron chi connectivity index (χ3n) is 2.57. The van der Waals surface area contributed by atoms with Crippen LogP contribution in [-0.4, -0.2) is 9.97 Å². The number of halogens is 1. The summed E-state index contributed by atoms with van der Waals surface area (Å²) in [4.78, 5) is 17.6. The Morgan fingerprint density at radius 1 is 1.18 bits per heavy atom. The molecule has 0 radical (unpaired) electrons. The number of aromatic nitrogens is 2. The monoisotopic (exact) mass is 232 g/mol. The number of nitrogens with zero attached hydrogens (tertiary/aromatic N) is 1. The van der Waals surface area contributed by atoms with Gasteiger partial charge in [-0.15, -0.1) is 0 Å². The zero-order valence-electron chi connectivity index (χ0n) is 9.97. The normalized spacial score (nSPS) is 10.6. The Balaban J connectivity index is 2.72. The lowest BCUT2D eigenvalue weighted by Gasteiger charge is -2.08. The molecule has 0 spiro atoms. The maximum atomic E-state index is 13.9. The first kappa shape index (κ1) is 11.5. The molecule has 2 rings (SSSR count). The first-order valence-electron chi connectivity index (χ1n) is 5.32. The fourth-order valence-electron chi connectivity index (χ4n) is 1.95. The summed E-state index contributed by atoms with van der Waals surface area (Å²) in [5, 5.41) is 0. The number of hydrogen-bond donors (Lipinski definition) is 1. The highest BCUT2D eigenvalue weighted by Gasteiger charge is 2.11. The van der Waals surface area contributed by atoms with Crippen LogP contribution in [0.5, 0.6) is 0 Å². The molecule has 0 aliphatic heterocycles. The van der Waals surface area contributed by atoms with Crippen molar-refractivity contribution in [3.05, 3.63) is 51.3 Å². The number of rotatable bonds is 1. The van der Waals surface area contributed by atoms with E-state index in [2.05, 4.69) is 9.97 Å². The van der Waals surface area contributed by atoms with Crippen LogP contribution in [0, 0.1) is 26.6 Å². The lowest BCUT2D eigenvalue weighted by Crippen LogP contribution is -2.12. The topological polar surface area (TPSA) is 45.8 Å². The molecule has 88 valence electrons. The van der Waals surface area contributed by atoms with Crippen molar-refractivity contribution < 1.29 is 4.39 Å². The zero-order chi connectivity index (χ0) is 12.6. The summed E-state index contributed by atoms with van der Waals surface area (Å²) in [7, 11) is 0. The van der Waals surface area contributed by atoms with Crippen LogP contribution in [-0.2, 0) is 0 Å². The number of aryl methyl sites for hydroxylation is 3. The number of benzene rings is 1. The van der Waals surface area contributed by atoms with Crippen molar-refractivity contribution in [3.63, 3.8) is 0 Å². The third-order valence-corrected chi connectivity index (χ3v) is 2.57. The van der Waals surface area contributed by atoms with Gasteiger partial charge in [0.1, 0.15) is 5.82 Å². The first-order chi connectivity index (χ1) is 7.97. The molecule has 4 heteroatoms. The highest BCUT2D eigenvalue weighted by atomic mass is 19.1. The quantitative estimate of drug-likeness (QED) is 0.821. The molecule has 1 aromatic carbocycles. The predicted molar refractivity (Wildman–Crippen MR) is 64.5 cm³/mol. The Hall–Kier alpha value is -1.97. The molecule has 0 aliphatic carbocycles. The molecule has 1 heterocycles. The Bertz CT molecular complexity index is 609. The van der Waals surface area contributed by atoms with E-state index in [4.69, 9.17) is 0 Å². The van der Waals surface area contributed by atoms with Gasteiger partial charge in [-0.3, -0.25) is 0 Å². The van der Waals surface area contributed by atoms with Gasteiger partial charge in [0.15, 0.2) is 0 Å². The number of nitrogens with one attached hydrogen (secondary N) is 1. The average Bonchev–Trinajstić information content (AvgIpc) is 2.13. The van der Waals surface area contributed by atoms with Crippen molar-refractivity contribution in [2.45, 2.75) is 20.8 Å². The Kier molecular flexibility index (Phi) is 2.79. The Morgan fingerprint density at radius 3 is 2.47 bits per heavy atom. The lowest BCUT2D eigenvalue weighted by molar-refractivity contribution is 0.628. The van der Waals surface area contributed by atoms with Gasteiger partial charge in [0.2, 0.25) is 0 Å². The van der Waals surface area contributed by atoms with Gasteiger partial charge >= 0.3 is 5.69 Å². The third kappa shape index (κ3) is 2.25. The average molecular weight is 232 g/mol. The van der Waals surface area contributed by atoms with Gasteiger partial charge in [-0.1, -0.05) is 6.07 Å². The minimum Gasteiger partial charge on any atom is -0.310 e. The molecule has 0 atom stereocenters. The standard InChI is InChI=1S/C13H13FN2O/c1-7-4-8(2)12(10(14)5-7)11-6-9(3)15-13(17)16-11/h4-6H,1-3H3,(H,15,16,17). The van der Waals surface area contributed by atoms with Crippen LogP contribution in [0.15, 0.2) is 23.0 Å². The van der Waals surface area contributed by atoms with Crippen molar-refractivity contribution in [1.82, 2.24) is 9.97 Å². The van der Waals surface area contributed by atoms with E-state index in [0.29, 0.717) is 17.0 Å². The molecule has 1 N–H and O–H groups in total. The van der Waals surface area contributed by atoms with Crippen LogP contribution in [0.4, 0.5) is 4.39 Å². The molecule has 17 heavy (non-hydrogen) atoms. The van der Waals surface area contributed by atoms with Crippen molar-refractivity contribution in [2.75, 3.05) is 0 Å². The van der Waals surface area contributed by atoms with Gasteiger partial charge in [-0.2, -0.15) is 4.98 Å². The van der Waals surface area contributed by atoms with E-state index in [0.717, 1.165) is 11.1 Å². The molecule has 0 unspecified atom stereocenters. The highest BCUT2D eigenvalue weighted by molar-refractivity contribution is 5.64. The van der Waals surface area contributed by atoms with E-state index in [9.17, 15) is 9.18 Å². The predicted octanol–water partition coefficient (Wildman–Crippen LogP) is 2.50. The van der Waals surface area contributed by atoms with E-state index >= 15 is 0 Å². The first-order valence-corrected chi connectivity index (χ1v) is 5.32. The van der Waals surface area contributed by atoms with Crippen LogP contribution >= 0.6 is 0 Å². The molecule has 0 fully saturated rings. The van der Waals surface area contributed by atoms with E-state index in [1.54, 1.807) is 13.0 Å². The molecule has 2 aromatic rings. The molecule has 0 amide bonds. The SMILES string of the molecule is Cc1cc(C)c(-c2cc(C)[nH]c(=O)n2)c(F)c1. The lowest BCUT2D eigenvalue weighted by atomic mass is 10.0. The minimum atomic E-state index is -0.459. The highest BCUT2D eigenvalue weighted by Crippen LogP contribution is 2.25. The van der Waals surface area contributed by atoms with Crippen molar-refractivity contribution in [2.24, 2.45) is 0 Å². The van der Waals surface area contributed by atoms with Crippen LogP contribution in [0.25, 0.3) is 11.3 Å². The second kappa shape index (κ2) is 4.13. The number of hydrogen-bond acceptors (Lipinski definition) is 2. The summed E-state index contributed by atoms with van der Waals surface area (Å²) in [5.41, 5.74) is 2.61. The Labute approximate surface area is 98.3 Å². The second-order valence-electron chi connectivity index (χ2n) is 4.19. The van der Waals surface area contributed by atoms with Crippen molar-refractivity contribution in [3.8, 4) is 11.3 Å². The fourth-order valence-corrected chi connectivity index (χ4v) is 1.95. The smallest absolute Gasteiger partial charge is 0.310 e. The van der Waals surface area contributed by atoms with E-state index < -0.39 is 5.69 Å². The molecular weight excluding hydrogens is 219 g/mol. The second-order valence-corrected chi connectivity index (χ2v) is 4.19. The van der Waals surface area contributed by atoms with E-state index in [1.165, 1.54) is 6.07 Å². The van der Waals surface area contributed by atoms with Crippen LogP contribution in [0.1, 0.15) is 16.8 Å². The number of aromatic amines is 1. The summed E-state index contributed by atoms with van der Waals surface area (Å²) in [6, 6.07) is 4.99. The van der Waals surface area contributed by atoms with E-state index in [1.807, 2.05) is 19.9 Å². The molecule has 0 saturated carbocycles. The van der Waals surface area contributed by atoms with Gasteiger partial charge in [0.05, 0.1) is 5.69 Å². The Morgan fingerprint density at radius 2 is 1.88 bits per heavy atom. The van der Waals surface area contributed by atoms with Crippen molar-refractivity contribution in [1.29, 1.82) is 0 Å². The number of H-pyrrole nitrogens is 1. The summed E-state index contributed by atoms with van der Waals surface area (Å²) < 4.78 is 13.9. The summed E-state index contributed by atoms with van der Waals surface area (Å²) in [5.74, 6) is -0.347. The summed E-state index contributed by atoms with van der Waals surface area (Å²) in [6.45, 7) is 5.38. The molecule has 1 aromatic heterocycles. The molecular formula is C13H13FN2O. The fraction of sp³-hybridized carbons (Fsp3) is 0.231. The largest absolute Gasteiger partial charge is 0.345 e. The van der Waals surface area contributed by atoms with Gasteiger partial charge in [-0.05, 0) is 44.0 Å². The van der Waals surface area contributed by atoms with Crippen LogP contribution in [0.3, 0.4) is 0 Å². The summed E-state index contributed by atoms with van der Waals surface area (Å²) >= 11 is 0.